The molecule has 1 atom stereocenters. The summed E-state index contributed by atoms with van der Waals surface area (Å²) in [5.41, 5.74) is 2.67. The van der Waals surface area contributed by atoms with Crippen LogP contribution in [0.25, 0.3) is 6.08 Å². The number of hydrogen-bond donors (Lipinski definition) is 1. The normalized spacial score (nSPS) is 16.4. The quantitative estimate of drug-likeness (QED) is 0.542. The van der Waals surface area contributed by atoms with E-state index in [1.165, 1.54) is 0 Å². The van der Waals surface area contributed by atoms with Crippen LogP contribution in [-0.4, -0.2) is 81.0 Å². The molecule has 0 saturated carbocycles. The van der Waals surface area contributed by atoms with Gasteiger partial charge in [0.05, 0.1) is 27.4 Å². The Balaban J connectivity index is 1.81. The van der Waals surface area contributed by atoms with E-state index in [9.17, 15) is 9.90 Å². The van der Waals surface area contributed by atoms with Crippen molar-refractivity contribution in [3.8, 4) is 17.2 Å². The van der Waals surface area contributed by atoms with Crippen molar-refractivity contribution in [2.45, 2.75) is 25.9 Å². The minimum atomic E-state index is -0.243. The molecule has 0 aliphatic carbocycles. The van der Waals surface area contributed by atoms with E-state index in [2.05, 4.69) is 11.0 Å². The molecule has 1 fully saturated rings. The molecule has 0 unspecified atom stereocenters. The molecule has 0 bridgehead atoms. The molecule has 2 aromatic rings. The van der Waals surface area contributed by atoms with Crippen LogP contribution in [0.5, 0.6) is 17.2 Å². The summed E-state index contributed by atoms with van der Waals surface area (Å²) >= 11 is 0. The van der Waals surface area contributed by atoms with Gasteiger partial charge in [-0.05, 0) is 44.0 Å². The zero-order chi connectivity index (χ0) is 24.5. The zero-order valence-electron chi connectivity index (χ0n) is 20.6. The third-order valence-corrected chi connectivity index (χ3v) is 6.00. The number of carbonyl (C=O) groups excluding carboxylic acids is 1. The summed E-state index contributed by atoms with van der Waals surface area (Å²) in [7, 11) is 4.63. The second kappa shape index (κ2) is 12.4. The van der Waals surface area contributed by atoms with Crippen LogP contribution in [0.4, 0.5) is 0 Å². The van der Waals surface area contributed by atoms with E-state index in [1.807, 2.05) is 42.2 Å². The largest absolute Gasteiger partial charge is 0.493 e. The molecule has 34 heavy (non-hydrogen) atoms. The Morgan fingerprint density at radius 1 is 1.12 bits per heavy atom. The van der Waals surface area contributed by atoms with Crippen LogP contribution >= 0.6 is 0 Å². The summed E-state index contributed by atoms with van der Waals surface area (Å²) in [5.74, 6) is 1.27. The first-order valence-electron chi connectivity index (χ1n) is 11.7. The molecule has 184 valence electrons. The van der Waals surface area contributed by atoms with Gasteiger partial charge in [-0.1, -0.05) is 42.0 Å². The monoisotopic (exact) mass is 468 g/mol. The van der Waals surface area contributed by atoms with E-state index in [4.69, 9.17) is 14.2 Å². The molecule has 7 nitrogen and oxygen atoms in total. The first kappa shape index (κ1) is 25.6. The molecule has 3 rings (SSSR count). The van der Waals surface area contributed by atoms with Gasteiger partial charge in [-0.15, -0.1) is 0 Å². The van der Waals surface area contributed by atoms with Crippen LogP contribution < -0.4 is 14.2 Å². The van der Waals surface area contributed by atoms with Crippen molar-refractivity contribution in [3.05, 3.63) is 59.2 Å². The number of ether oxygens (including phenoxy) is 3. The highest BCUT2D eigenvalue weighted by Crippen LogP contribution is 2.38. The Hall–Kier alpha value is -3.03. The third kappa shape index (κ3) is 6.74. The lowest BCUT2D eigenvalue weighted by atomic mass is 10.1. The summed E-state index contributed by atoms with van der Waals surface area (Å²) in [6.45, 7) is 5.59. The molecular formula is C27H36N2O5. The van der Waals surface area contributed by atoms with Gasteiger partial charge in [0.25, 0.3) is 5.91 Å². The van der Waals surface area contributed by atoms with Crippen LogP contribution in [0.1, 0.15) is 35.7 Å². The molecule has 7 heteroatoms. The lowest BCUT2D eigenvalue weighted by Crippen LogP contribution is -2.35. The number of carbonyl (C=O) groups is 1. The van der Waals surface area contributed by atoms with Gasteiger partial charge in [-0.2, -0.15) is 0 Å². The van der Waals surface area contributed by atoms with Crippen LogP contribution in [0.15, 0.2) is 48.0 Å². The van der Waals surface area contributed by atoms with E-state index >= 15 is 0 Å². The molecule has 0 aromatic heterocycles. The standard InChI is InChI=1S/C27H36N2O5/c1-20(15-21-9-6-5-7-10-21)18-29(13-8-12-28-14-11-23(30)19-28)27(31)22-16-24(32-2)26(34-4)25(17-22)33-3/h5-7,9-10,15-17,23,30H,8,11-14,18-19H2,1-4H3/b20-15+/t23-/m1/s1. The highest BCUT2D eigenvalue weighted by Gasteiger charge is 2.23. The van der Waals surface area contributed by atoms with Gasteiger partial charge in [0, 0.05) is 31.7 Å². The number of aliphatic hydroxyl groups excluding tert-OH is 1. The molecule has 1 heterocycles. The minimum absolute atomic E-state index is 0.0958. The van der Waals surface area contributed by atoms with Crippen molar-refractivity contribution >= 4 is 12.0 Å². The molecule has 0 radical (unpaired) electrons. The molecule has 1 N–H and O–H groups in total. The molecule has 1 aliphatic rings. The number of methoxy groups -OCH3 is 3. The highest BCUT2D eigenvalue weighted by atomic mass is 16.5. The molecule has 2 aromatic carbocycles. The number of hydrogen-bond acceptors (Lipinski definition) is 6. The van der Waals surface area contributed by atoms with Gasteiger partial charge in [0.1, 0.15) is 0 Å². The van der Waals surface area contributed by atoms with Crippen molar-refractivity contribution in [3.63, 3.8) is 0 Å². The maximum absolute atomic E-state index is 13.6. The third-order valence-electron chi connectivity index (χ3n) is 6.00. The van der Waals surface area contributed by atoms with E-state index in [-0.39, 0.29) is 12.0 Å². The number of likely N-dealkylation sites (tertiary alicyclic amines) is 1. The molecule has 1 amide bonds. The maximum Gasteiger partial charge on any atom is 0.254 e. The maximum atomic E-state index is 13.6. The number of benzene rings is 2. The predicted molar refractivity (Wildman–Crippen MR) is 134 cm³/mol. The average Bonchev–Trinajstić information content (AvgIpc) is 3.27. The van der Waals surface area contributed by atoms with Crippen molar-refractivity contribution in [1.29, 1.82) is 0 Å². The SMILES string of the molecule is COc1cc(C(=O)N(CCCN2CC[C@@H](O)C2)C/C(C)=C/c2ccccc2)cc(OC)c1OC. The van der Waals surface area contributed by atoms with Gasteiger partial charge in [0.15, 0.2) is 11.5 Å². The average molecular weight is 469 g/mol. The summed E-state index contributed by atoms with van der Waals surface area (Å²) in [4.78, 5) is 17.8. The van der Waals surface area contributed by atoms with Crippen LogP contribution in [-0.2, 0) is 0 Å². The summed E-state index contributed by atoms with van der Waals surface area (Å²) < 4.78 is 16.3. The van der Waals surface area contributed by atoms with E-state index in [1.54, 1.807) is 33.5 Å². The highest BCUT2D eigenvalue weighted by molar-refractivity contribution is 5.96. The van der Waals surface area contributed by atoms with Crippen molar-refractivity contribution in [1.82, 2.24) is 9.80 Å². The Labute approximate surface area is 202 Å². The second-order valence-corrected chi connectivity index (χ2v) is 8.64. The van der Waals surface area contributed by atoms with E-state index in [0.717, 1.165) is 37.1 Å². The Morgan fingerprint density at radius 3 is 2.35 bits per heavy atom. The number of β-amino-alcohol motifs (C(OH)–C–C–N with tert-alkyl or cyclic N) is 1. The van der Waals surface area contributed by atoms with Crippen molar-refractivity contribution in [2.24, 2.45) is 0 Å². The predicted octanol–water partition coefficient (Wildman–Crippen LogP) is 3.71. The molecule has 0 spiro atoms. The minimum Gasteiger partial charge on any atom is -0.493 e. The smallest absolute Gasteiger partial charge is 0.254 e. The van der Waals surface area contributed by atoms with Crippen molar-refractivity contribution < 1.29 is 24.1 Å². The van der Waals surface area contributed by atoms with Gasteiger partial charge in [-0.3, -0.25) is 4.79 Å². The number of rotatable bonds is 11. The Morgan fingerprint density at radius 2 is 1.79 bits per heavy atom. The lowest BCUT2D eigenvalue weighted by Gasteiger charge is -2.25. The first-order valence-corrected chi connectivity index (χ1v) is 11.7. The van der Waals surface area contributed by atoms with Crippen molar-refractivity contribution in [2.75, 3.05) is 54.1 Å². The first-order chi connectivity index (χ1) is 16.4. The van der Waals surface area contributed by atoms with E-state index in [0.29, 0.717) is 42.4 Å². The lowest BCUT2D eigenvalue weighted by molar-refractivity contribution is 0.0762. The van der Waals surface area contributed by atoms with Crippen LogP contribution in [0, 0.1) is 0 Å². The second-order valence-electron chi connectivity index (χ2n) is 8.64. The number of aliphatic hydroxyl groups is 1. The van der Waals surface area contributed by atoms with Crippen LogP contribution in [0.2, 0.25) is 0 Å². The van der Waals surface area contributed by atoms with Gasteiger partial charge < -0.3 is 29.1 Å². The van der Waals surface area contributed by atoms with Crippen LogP contribution in [0.3, 0.4) is 0 Å². The number of amides is 1. The number of nitrogens with zero attached hydrogens (tertiary/aromatic N) is 2. The van der Waals surface area contributed by atoms with Gasteiger partial charge in [-0.25, -0.2) is 0 Å². The molecular weight excluding hydrogens is 432 g/mol. The fourth-order valence-electron chi connectivity index (χ4n) is 4.32. The van der Waals surface area contributed by atoms with Gasteiger partial charge in [0.2, 0.25) is 5.75 Å². The van der Waals surface area contributed by atoms with E-state index < -0.39 is 0 Å². The molecule has 1 saturated heterocycles. The summed E-state index contributed by atoms with van der Waals surface area (Å²) in [6, 6.07) is 13.5. The fourth-order valence-corrected chi connectivity index (χ4v) is 4.32. The topological polar surface area (TPSA) is 71.5 Å². The van der Waals surface area contributed by atoms with Gasteiger partial charge >= 0.3 is 0 Å². The summed E-state index contributed by atoms with van der Waals surface area (Å²) in [5, 5.41) is 9.80. The molecule has 1 aliphatic heterocycles. The summed E-state index contributed by atoms with van der Waals surface area (Å²) in [6.07, 6.45) is 3.49. The fraction of sp³-hybridized carbons (Fsp3) is 0.444. The Bertz CT molecular complexity index is 951. The Kier molecular flexibility index (Phi) is 9.36. The zero-order valence-corrected chi connectivity index (χ0v) is 20.6.